The van der Waals surface area contributed by atoms with Crippen molar-refractivity contribution >= 4 is 17.9 Å². The Morgan fingerprint density at radius 1 is 0.646 bits per heavy atom. The molecule has 8 heteroatoms. The van der Waals surface area contributed by atoms with Gasteiger partial charge in [0.1, 0.15) is 12.6 Å². The summed E-state index contributed by atoms with van der Waals surface area (Å²) in [6.07, 6.45) is 36.5. The Morgan fingerprint density at radius 2 is 1.17 bits per heavy atom. The second kappa shape index (κ2) is 31.1. The van der Waals surface area contributed by atoms with Crippen LogP contribution in [0.4, 0.5) is 0 Å². The van der Waals surface area contributed by atoms with Gasteiger partial charge in [-0.1, -0.05) is 112 Å². The first-order valence-electron chi connectivity index (χ1n) is 18.0. The summed E-state index contributed by atoms with van der Waals surface area (Å²) >= 11 is 0. The molecular weight excluding hydrogens is 606 g/mol. The molecule has 0 aliphatic carbocycles. The summed E-state index contributed by atoms with van der Waals surface area (Å²) in [5, 5.41) is 11.6. The van der Waals surface area contributed by atoms with Gasteiger partial charge in [-0.05, 0) is 51.4 Å². The summed E-state index contributed by atoms with van der Waals surface area (Å²) in [6, 6.07) is -0.738. The quantitative estimate of drug-likeness (QED) is 0.0337. The molecule has 0 N–H and O–H groups in total. The fourth-order valence-electron chi connectivity index (χ4n) is 4.58. The molecule has 0 aliphatic heterocycles. The van der Waals surface area contributed by atoms with E-state index in [2.05, 4.69) is 50.3 Å². The van der Waals surface area contributed by atoms with Gasteiger partial charge in [0, 0.05) is 19.3 Å². The van der Waals surface area contributed by atoms with Crippen molar-refractivity contribution in [3.8, 4) is 0 Å². The number of esters is 2. The van der Waals surface area contributed by atoms with Crippen molar-refractivity contribution in [2.75, 3.05) is 41.0 Å². The monoisotopic (exact) mass is 671 g/mol. The predicted octanol–water partition coefficient (Wildman–Crippen LogP) is 7.51. The maximum atomic E-state index is 12.6. The van der Waals surface area contributed by atoms with Gasteiger partial charge in [-0.2, -0.15) is 0 Å². The van der Waals surface area contributed by atoms with Crippen LogP contribution in [0.1, 0.15) is 110 Å². The number of carboxylic acids is 1. The van der Waals surface area contributed by atoms with Crippen molar-refractivity contribution in [3.63, 3.8) is 0 Å². The van der Waals surface area contributed by atoms with Crippen LogP contribution in [-0.2, 0) is 28.6 Å². The third-order valence-corrected chi connectivity index (χ3v) is 7.45. The highest BCUT2D eigenvalue weighted by atomic mass is 16.6. The lowest BCUT2D eigenvalue weighted by atomic mass is 10.1. The summed E-state index contributed by atoms with van der Waals surface area (Å²) in [5.41, 5.74) is 0. The van der Waals surface area contributed by atoms with Crippen molar-refractivity contribution in [1.29, 1.82) is 0 Å². The minimum absolute atomic E-state index is 0.0124. The fourth-order valence-corrected chi connectivity index (χ4v) is 4.58. The molecule has 0 heterocycles. The smallest absolute Gasteiger partial charge is 0.306 e. The molecule has 0 aromatic carbocycles. The van der Waals surface area contributed by atoms with E-state index < -0.39 is 18.1 Å². The van der Waals surface area contributed by atoms with E-state index in [0.717, 1.165) is 57.8 Å². The molecule has 0 aromatic rings. The molecular formula is C40H65NO7. The van der Waals surface area contributed by atoms with Crippen molar-refractivity contribution in [1.82, 2.24) is 0 Å². The summed E-state index contributed by atoms with van der Waals surface area (Å²) in [4.78, 5) is 36.5. The lowest BCUT2D eigenvalue weighted by Gasteiger charge is -2.34. The highest BCUT2D eigenvalue weighted by Gasteiger charge is 2.25. The minimum Gasteiger partial charge on any atom is -0.544 e. The van der Waals surface area contributed by atoms with Gasteiger partial charge in [0.2, 0.25) is 0 Å². The number of rotatable bonds is 30. The van der Waals surface area contributed by atoms with Crippen LogP contribution in [0.5, 0.6) is 0 Å². The second-order valence-electron chi connectivity index (χ2n) is 12.8. The molecule has 48 heavy (non-hydrogen) atoms. The van der Waals surface area contributed by atoms with E-state index in [1.165, 1.54) is 12.8 Å². The number of unbranched alkanes of at least 4 members (excludes halogenated alkanes) is 8. The third-order valence-electron chi connectivity index (χ3n) is 7.45. The average Bonchev–Trinajstić information content (AvgIpc) is 3.03. The van der Waals surface area contributed by atoms with Crippen molar-refractivity contribution in [2.45, 2.75) is 122 Å². The Kier molecular flexibility index (Phi) is 29.0. The zero-order valence-corrected chi connectivity index (χ0v) is 30.6. The van der Waals surface area contributed by atoms with Gasteiger partial charge < -0.3 is 28.6 Å². The molecule has 0 aliphatic rings. The first-order chi connectivity index (χ1) is 23.1. The van der Waals surface area contributed by atoms with Gasteiger partial charge in [0.15, 0.2) is 6.10 Å². The number of carbonyl (C=O) groups excluding carboxylic acids is 3. The molecule has 2 atom stereocenters. The number of hydrogen-bond acceptors (Lipinski definition) is 7. The van der Waals surface area contributed by atoms with Crippen molar-refractivity contribution < 1.29 is 38.2 Å². The maximum absolute atomic E-state index is 12.6. The zero-order valence-electron chi connectivity index (χ0n) is 30.6. The zero-order chi connectivity index (χ0) is 35.7. The number of nitrogens with zero attached hydrogens (tertiary/aromatic N) is 1. The van der Waals surface area contributed by atoms with Crippen LogP contribution in [0, 0.1) is 0 Å². The normalized spacial score (nSPS) is 13.9. The van der Waals surface area contributed by atoms with Crippen LogP contribution < -0.4 is 5.11 Å². The van der Waals surface area contributed by atoms with Crippen LogP contribution in [0.25, 0.3) is 0 Å². The summed E-state index contributed by atoms with van der Waals surface area (Å²) in [6.45, 7) is 4.35. The van der Waals surface area contributed by atoms with E-state index in [0.29, 0.717) is 12.8 Å². The molecule has 0 saturated heterocycles. The average molecular weight is 672 g/mol. The van der Waals surface area contributed by atoms with Crippen LogP contribution in [0.3, 0.4) is 0 Å². The van der Waals surface area contributed by atoms with Crippen molar-refractivity contribution in [3.05, 3.63) is 72.9 Å². The number of likely N-dealkylation sites (N-methyl/N-ethyl adjacent to an activating group) is 1. The molecule has 0 radical (unpaired) electrons. The Hall–Kier alpha value is -3.23. The first kappa shape index (κ1) is 44.8. The molecule has 0 rings (SSSR count). The number of allylic oxidation sites excluding steroid dienone is 12. The van der Waals surface area contributed by atoms with Crippen LogP contribution >= 0.6 is 0 Å². The van der Waals surface area contributed by atoms with E-state index in [9.17, 15) is 19.5 Å². The molecule has 8 nitrogen and oxygen atoms in total. The number of quaternary nitrogens is 1. The van der Waals surface area contributed by atoms with Gasteiger partial charge in [0.05, 0.1) is 40.3 Å². The topological polar surface area (TPSA) is 102 Å². The number of carboxylic acid groups (broad SMARTS) is 1. The van der Waals surface area contributed by atoms with Gasteiger partial charge in [-0.3, -0.25) is 9.59 Å². The Balaban J connectivity index is 4.59. The standard InChI is InChI=1S/C40H65NO7/c1-6-8-10-12-14-16-18-19-21-22-24-26-28-30-38(42)47-35-36(34-46-33-32-37(40(44)45)41(3,4)5)48-39(43)31-29-27-25-23-20-17-15-13-11-9-7-2/h8,10,12-21,36-37H,6-7,9,11,22-35H2,1-5H3/b10-8+,14-12+,15-13+,18-16+,20-17+,21-19+. The highest BCUT2D eigenvalue weighted by molar-refractivity contribution is 5.70. The second-order valence-corrected chi connectivity index (χ2v) is 12.8. The van der Waals surface area contributed by atoms with E-state index in [1.807, 2.05) is 36.5 Å². The molecule has 0 bridgehead atoms. The summed E-state index contributed by atoms with van der Waals surface area (Å²) in [7, 11) is 5.36. The van der Waals surface area contributed by atoms with E-state index in [1.54, 1.807) is 21.1 Å². The fraction of sp³-hybridized carbons (Fsp3) is 0.625. The van der Waals surface area contributed by atoms with Gasteiger partial charge in [-0.15, -0.1) is 0 Å². The molecule has 0 spiro atoms. The van der Waals surface area contributed by atoms with Gasteiger partial charge >= 0.3 is 11.9 Å². The van der Waals surface area contributed by atoms with E-state index in [4.69, 9.17) is 14.2 Å². The number of ether oxygens (including phenoxy) is 3. The Morgan fingerprint density at radius 3 is 1.71 bits per heavy atom. The predicted molar refractivity (Wildman–Crippen MR) is 194 cm³/mol. The van der Waals surface area contributed by atoms with Crippen LogP contribution in [0.15, 0.2) is 72.9 Å². The Bertz CT molecular complexity index is 1020. The molecule has 0 fully saturated rings. The highest BCUT2D eigenvalue weighted by Crippen LogP contribution is 2.11. The summed E-state index contributed by atoms with van der Waals surface area (Å²) < 4.78 is 17.0. The molecule has 0 amide bonds. The van der Waals surface area contributed by atoms with Crippen LogP contribution in [0.2, 0.25) is 0 Å². The number of hydrogen-bond donors (Lipinski definition) is 0. The third kappa shape index (κ3) is 29.0. The lowest BCUT2D eigenvalue weighted by molar-refractivity contribution is -0.889. The molecule has 0 saturated carbocycles. The summed E-state index contributed by atoms with van der Waals surface area (Å²) in [5.74, 6) is -1.84. The molecule has 0 aromatic heterocycles. The SMILES string of the molecule is CC/C=C/C=C/C=C/C=C/CCCCCC(=O)OCC(COCCC(C(=O)[O-])[N+](C)(C)C)OC(=O)CCCCC/C=C/C=C/CCCC. The van der Waals surface area contributed by atoms with Gasteiger partial charge in [0.25, 0.3) is 0 Å². The van der Waals surface area contributed by atoms with Gasteiger partial charge in [-0.25, -0.2) is 0 Å². The minimum atomic E-state index is -1.14. The van der Waals surface area contributed by atoms with E-state index >= 15 is 0 Å². The van der Waals surface area contributed by atoms with E-state index in [-0.39, 0.29) is 49.1 Å². The first-order valence-corrected chi connectivity index (χ1v) is 18.0. The van der Waals surface area contributed by atoms with Crippen molar-refractivity contribution in [2.24, 2.45) is 0 Å². The molecule has 2 unspecified atom stereocenters. The Labute approximate surface area is 291 Å². The maximum Gasteiger partial charge on any atom is 0.306 e. The molecule has 272 valence electrons. The lowest BCUT2D eigenvalue weighted by Crippen LogP contribution is -2.55. The number of carbonyl (C=O) groups is 3. The van der Waals surface area contributed by atoms with Crippen LogP contribution in [-0.4, -0.2) is 75.5 Å². The number of aliphatic carboxylic acids is 1. The largest absolute Gasteiger partial charge is 0.544 e.